The van der Waals surface area contributed by atoms with Gasteiger partial charge in [-0.2, -0.15) is 5.26 Å². The largest absolute Gasteiger partial charge is 0.309 e. The molecule has 0 radical (unpaired) electrons. The number of hydrogen-bond donors (Lipinski definition) is 0. The summed E-state index contributed by atoms with van der Waals surface area (Å²) >= 11 is 0. The molecule has 3 heteroatoms. The topological polar surface area (TPSA) is 41.6 Å². The molecule has 0 N–H and O–H groups in total. The van der Waals surface area contributed by atoms with Crippen molar-refractivity contribution in [3.63, 3.8) is 0 Å². The Morgan fingerprint density at radius 1 is 0.404 bits per heavy atom. The van der Waals surface area contributed by atoms with Crippen molar-refractivity contribution < 1.29 is 0 Å². The monoisotopic (exact) mass is 721 g/mol. The van der Waals surface area contributed by atoms with Crippen molar-refractivity contribution in [3.05, 3.63) is 194 Å². The maximum Gasteiger partial charge on any atom is 0.0998 e. The molecule has 0 saturated heterocycles. The van der Waals surface area contributed by atoms with Gasteiger partial charge in [0.05, 0.1) is 28.2 Å². The van der Waals surface area contributed by atoms with Gasteiger partial charge in [0.25, 0.3) is 0 Å². The Morgan fingerprint density at radius 2 is 1.00 bits per heavy atom. The van der Waals surface area contributed by atoms with Crippen molar-refractivity contribution in [2.75, 3.05) is 0 Å². The van der Waals surface area contributed by atoms with Crippen molar-refractivity contribution in [1.82, 2.24) is 9.55 Å². The summed E-state index contributed by atoms with van der Waals surface area (Å²) in [5.41, 5.74) is 12.1. The fourth-order valence-electron chi connectivity index (χ4n) is 9.52. The summed E-state index contributed by atoms with van der Waals surface area (Å²) in [4.78, 5) is 4.72. The summed E-state index contributed by atoms with van der Waals surface area (Å²) in [6.07, 6.45) is 1.87. The Balaban J connectivity index is 1.10. The molecule has 2 heterocycles. The van der Waals surface area contributed by atoms with Gasteiger partial charge in [-0.1, -0.05) is 133 Å². The fraction of sp³-hybridized carbons (Fsp3) is 0. The number of hydrogen-bond acceptors (Lipinski definition) is 2. The molecule has 12 aromatic rings. The van der Waals surface area contributed by atoms with Gasteiger partial charge >= 0.3 is 0 Å². The third-order valence-electron chi connectivity index (χ3n) is 12.0. The zero-order chi connectivity index (χ0) is 37.6. The summed E-state index contributed by atoms with van der Waals surface area (Å²) < 4.78 is 2.34. The Hall–Kier alpha value is -7.80. The van der Waals surface area contributed by atoms with Crippen LogP contribution in [0.25, 0.3) is 115 Å². The smallest absolute Gasteiger partial charge is 0.0998 e. The molecule has 0 saturated carbocycles. The molecule has 2 aromatic heterocycles. The number of para-hydroxylation sites is 2. The Morgan fingerprint density at radius 3 is 1.74 bits per heavy atom. The summed E-state index contributed by atoms with van der Waals surface area (Å²) in [6.45, 7) is 0. The summed E-state index contributed by atoms with van der Waals surface area (Å²) in [5, 5.41) is 23.1. The minimum absolute atomic E-state index is 0.695. The molecule has 57 heavy (non-hydrogen) atoms. The van der Waals surface area contributed by atoms with Gasteiger partial charge in [-0.15, -0.1) is 0 Å². The van der Waals surface area contributed by atoms with Crippen molar-refractivity contribution in [2.45, 2.75) is 0 Å². The van der Waals surface area contributed by atoms with E-state index in [-0.39, 0.29) is 0 Å². The first kappa shape index (κ1) is 31.5. The average molecular weight is 722 g/mol. The van der Waals surface area contributed by atoms with Crippen LogP contribution in [0.1, 0.15) is 5.56 Å². The van der Waals surface area contributed by atoms with Gasteiger partial charge in [-0.05, 0) is 114 Å². The molecule has 0 bridgehead atoms. The van der Waals surface area contributed by atoms with Crippen LogP contribution in [0.15, 0.2) is 188 Å². The van der Waals surface area contributed by atoms with Gasteiger partial charge in [0.15, 0.2) is 0 Å². The number of aromatic nitrogens is 2. The van der Waals surface area contributed by atoms with Crippen LogP contribution < -0.4 is 0 Å². The molecule has 0 spiro atoms. The fourth-order valence-corrected chi connectivity index (χ4v) is 9.52. The van der Waals surface area contributed by atoms with E-state index in [1.54, 1.807) is 0 Å². The van der Waals surface area contributed by atoms with Gasteiger partial charge in [-0.25, -0.2) is 0 Å². The summed E-state index contributed by atoms with van der Waals surface area (Å²) in [5.74, 6) is 0. The summed E-state index contributed by atoms with van der Waals surface area (Å²) in [7, 11) is 0. The number of rotatable bonds is 4. The second kappa shape index (κ2) is 12.1. The van der Waals surface area contributed by atoms with E-state index in [0.717, 1.165) is 49.5 Å². The molecule has 3 nitrogen and oxygen atoms in total. The molecule has 262 valence electrons. The van der Waals surface area contributed by atoms with E-state index >= 15 is 0 Å². The van der Waals surface area contributed by atoms with Gasteiger partial charge in [0, 0.05) is 39.0 Å². The third kappa shape index (κ3) is 4.56. The minimum Gasteiger partial charge on any atom is -0.309 e. The van der Waals surface area contributed by atoms with Crippen molar-refractivity contribution in [2.24, 2.45) is 0 Å². The van der Waals surface area contributed by atoms with Gasteiger partial charge in [0.1, 0.15) is 0 Å². The van der Waals surface area contributed by atoms with E-state index in [0.29, 0.717) is 5.56 Å². The van der Waals surface area contributed by atoms with Crippen molar-refractivity contribution >= 4 is 75.8 Å². The van der Waals surface area contributed by atoms with Gasteiger partial charge in [-0.3, -0.25) is 4.98 Å². The van der Waals surface area contributed by atoms with E-state index in [1.165, 1.54) is 65.3 Å². The highest BCUT2D eigenvalue weighted by atomic mass is 15.0. The van der Waals surface area contributed by atoms with Crippen LogP contribution in [-0.2, 0) is 0 Å². The van der Waals surface area contributed by atoms with E-state index < -0.39 is 0 Å². The van der Waals surface area contributed by atoms with E-state index in [9.17, 15) is 5.26 Å². The lowest BCUT2D eigenvalue weighted by Crippen LogP contribution is -1.93. The van der Waals surface area contributed by atoms with Gasteiger partial charge in [0.2, 0.25) is 0 Å². The summed E-state index contributed by atoms with van der Waals surface area (Å²) in [6, 6.07) is 68.0. The SMILES string of the molecule is N#Cc1ccc2c3c1ccc1c(-c4cc5c6ccccc6c(-c6ccc(-c7cccc8cccnc78)cc6)cc5c5ccccc45)ccc(c13)n2-c1ccccc1. The first-order valence-electron chi connectivity index (χ1n) is 19.3. The van der Waals surface area contributed by atoms with E-state index in [2.05, 4.69) is 180 Å². The second-order valence-electron chi connectivity index (χ2n) is 15.0. The molecule has 0 fully saturated rings. The quantitative estimate of drug-likeness (QED) is 0.170. The minimum atomic E-state index is 0.695. The molecule has 0 amide bonds. The maximum atomic E-state index is 10.2. The standard InChI is InChI=1S/C54H31N3/c55-32-36-23-27-50-52-38(36)24-25-45-44(26-28-51(53(45)52)57(50)37-12-2-1-3-13-37)47-31-49-41-15-5-4-14-40(41)46(30-48(49)43-17-7-6-16-42(43)47)34-21-19-33(20-22-34)39-18-8-10-35-11-9-29-56-54(35)39/h1-31H. The first-order chi connectivity index (χ1) is 28.2. The Kier molecular flexibility index (Phi) is 6.70. The number of nitrogens with zero attached hydrogens (tertiary/aromatic N) is 3. The van der Waals surface area contributed by atoms with E-state index in [4.69, 9.17) is 4.98 Å². The van der Waals surface area contributed by atoms with Crippen LogP contribution in [0.3, 0.4) is 0 Å². The zero-order valence-electron chi connectivity index (χ0n) is 30.7. The lowest BCUT2D eigenvalue weighted by atomic mass is 9.86. The van der Waals surface area contributed by atoms with Crippen LogP contribution >= 0.6 is 0 Å². The molecule has 12 rings (SSSR count). The van der Waals surface area contributed by atoms with Crippen LogP contribution in [0.2, 0.25) is 0 Å². The van der Waals surface area contributed by atoms with Crippen molar-refractivity contribution in [1.29, 1.82) is 5.26 Å². The van der Waals surface area contributed by atoms with Crippen LogP contribution in [0.5, 0.6) is 0 Å². The lowest BCUT2D eigenvalue weighted by Gasteiger charge is -2.17. The van der Waals surface area contributed by atoms with Crippen LogP contribution in [0.4, 0.5) is 0 Å². The van der Waals surface area contributed by atoms with Crippen LogP contribution in [0, 0.1) is 11.3 Å². The molecular formula is C54H31N3. The predicted octanol–water partition coefficient (Wildman–Crippen LogP) is 14.3. The Bertz CT molecular complexity index is 3620. The predicted molar refractivity (Wildman–Crippen MR) is 238 cm³/mol. The highest BCUT2D eigenvalue weighted by Crippen LogP contribution is 2.47. The van der Waals surface area contributed by atoms with E-state index in [1.807, 2.05) is 18.3 Å². The first-order valence-corrected chi connectivity index (χ1v) is 19.3. The highest BCUT2D eigenvalue weighted by molar-refractivity contribution is 6.30. The number of pyridine rings is 1. The highest BCUT2D eigenvalue weighted by Gasteiger charge is 2.22. The molecule has 0 aliphatic rings. The van der Waals surface area contributed by atoms with Gasteiger partial charge < -0.3 is 4.57 Å². The zero-order valence-corrected chi connectivity index (χ0v) is 30.7. The normalized spacial score (nSPS) is 11.8. The molecule has 0 atom stereocenters. The molecule has 0 unspecified atom stereocenters. The number of benzene rings is 10. The maximum absolute atomic E-state index is 10.2. The number of nitriles is 1. The van der Waals surface area contributed by atoms with Crippen LogP contribution in [-0.4, -0.2) is 9.55 Å². The molecule has 0 aliphatic carbocycles. The second-order valence-corrected chi connectivity index (χ2v) is 15.0. The average Bonchev–Trinajstić information content (AvgIpc) is 3.63. The number of fused-ring (bicyclic) bond motifs is 6. The van der Waals surface area contributed by atoms with Crippen molar-refractivity contribution in [3.8, 4) is 45.1 Å². The molecular weight excluding hydrogens is 691 g/mol. The Labute approximate surface area is 328 Å². The molecule has 0 aliphatic heterocycles. The lowest BCUT2D eigenvalue weighted by molar-refractivity contribution is 1.18. The third-order valence-corrected chi connectivity index (χ3v) is 12.0. The molecule has 10 aromatic carbocycles.